The van der Waals surface area contributed by atoms with Crippen LogP contribution in [0.4, 0.5) is 0 Å². The molecule has 0 fully saturated rings. The maximum absolute atomic E-state index is 11.5. The SMILES string of the molecule is COCC1(C)Oc2ccc(Br)cc2C(OC2=CC(=O)CC2)=C1C. The quantitative estimate of drug-likeness (QED) is 0.785. The summed E-state index contributed by atoms with van der Waals surface area (Å²) in [4.78, 5) is 11.5. The maximum atomic E-state index is 11.5. The normalized spacial score (nSPS) is 23.5. The summed E-state index contributed by atoms with van der Waals surface area (Å²) < 4.78 is 18.6. The summed E-state index contributed by atoms with van der Waals surface area (Å²) in [6.07, 6.45) is 2.74. The van der Waals surface area contributed by atoms with Crippen molar-refractivity contribution in [2.24, 2.45) is 0 Å². The van der Waals surface area contributed by atoms with Gasteiger partial charge in [-0.1, -0.05) is 15.9 Å². The van der Waals surface area contributed by atoms with E-state index in [1.807, 2.05) is 32.0 Å². The van der Waals surface area contributed by atoms with E-state index in [4.69, 9.17) is 14.2 Å². The topological polar surface area (TPSA) is 44.8 Å². The van der Waals surface area contributed by atoms with Crippen molar-refractivity contribution in [2.45, 2.75) is 32.3 Å². The largest absolute Gasteiger partial charge is 0.480 e. The first kappa shape index (κ1) is 16.3. The Hall–Kier alpha value is -1.59. The Morgan fingerprint density at radius 3 is 2.78 bits per heavy atom. The molecule has 0 spiro atoms. The first-order valence-electron chi connectivity index (χ1n) is 7.53. The molecule has 1 aromatic carbocycles. The van der Waals surface area contributed by atoms with Gasteiger partial charge in [-0.25, -0.2) is 0 Å². The molecule has 0 radical (unpaired) electrons. The molecule has 0 saturated heterocycles. The molecule has 1 aliphatic carbocycles. The molecule has 1 aliphatic heterocycles. The molecule has 1 heterocycles. The summed E-state index contributed by atoms with van der Waals surface area (Å²) >= 11 is 3.49. The van der Waals surface area contributed by atoms with Gasteiger partial charge in [0.2, 0.25) is 0 Å². The number of ether oxygens (including phenoxy) is 3. The molecule has 23 heavy (non-hydrogen) atoms. The van der Waals surface area contributed by atoms with Crippen LogP contribution in [0.3, 0.4) is 0 Å². The smallest absolute Gasteiger partial charge is 0.159 e. The van der Waals surface area contributed by atoms with E-state index in [1.54, 1.807) is 13.2 Å². The van der Waals surface area contributed by atoms with Crippen LogP contribution in [0, 0.1) is 0 Å². The van der Waals surface area contributed by atoms with E-state index in [0.29, 0.717) is 25.2 Å². The standard InChI is InChI=1S/C18H19BrO4/c1-11-17(22-14-6-5-13(20)9-14)15-8-12(19)4-7-16(15)23-18(11,2)10-21-3/h4,7-9H,5-6,10H2,1-3H3. The van der Waals surface area contributed by atoms with Crippen LogP contribution in [-0.2, 0) is 14.3 Å². The van der Waals surface area contributed by atoms with Crippen LogP contribution in [0.1, 0.15) is 32.3 Å². The second kappa shape index (κ2) is 6.13. The minimum absolute atomic E-state index is 0.111. The van der Waals surface area contributed by atoms with E-state index < -0.39 is 5.60 Å². The molecule has 5 heteroatoms. The van der Waals surface area contributed by atoms with Crippen molar-refractivity contribution in [3.63, 3.8) is 0 Å². The van der Waals surface area contributed by atoms with Crippen LogP contribution in [-0.4, -0.2) is 25.1 Å². The Morgan fingerprint density at radius 1 is 1.35 bits per heavy atom. The third kappa shape index (κ3) is 3.08. The molecule has 0 saturated carbocycles. The summed E-state index contributed by atoms with van der Waals surface area (Å²) in [6, 6.07) is 5.82. The van der Waals surface area contributed by atoms with Gasteiger partial charge >= 0.3 is 0 Å². The van der Waals surface area contributed by atoms with Crippen molar-refractivity contribution in [3.8, 4) is 5.75 Å². The number of hydrogen-bond donors (Lipinski definition) is 0. The third-order valence-corrected chi connectivity index (χ3v) is 4.74. The minimum Gasteiger partial charge on any atom is -0.480 e. The lowest BCUT2D eigenvalue weighted by atomic mass is 9.91. The van der Waals surface area contributed by atoms with Gasteiger partial charge < -0.3 is 14.2 Å². The molecule has 0 N–H and O–H groups in total. The van der Waals surface area contributed by atoms with Gasteiger partial charge in [0.15, 0.2) is 11.4 Å². The Morgan fingerprint density at radius 2 is 2.13 bits per heavy atom. The number of carbonyl (C=O) groups excluding carboxylic acids is 1. The second-order valence-electron chi connectivity index (χ2n) is 6.04. The van der Waals surface area contributed by atoms with E-state index in [-0.39, 0.29) is 5.78 Å². The van der Waals surface area contributed by atoms with Crippen molar-refractivity contribution < 1.29 is 19.0 Å². The number of carbonyl (C=O) groups is 1. The monoisotopic (exact) mass is 378 g/mol. The lowest BCUT2D eigenvalue weighted by molar-refractivity contribution is -0.114. The number of methoxy groups -OCH3 is 1. The molecule has 1 atom stereocenters. The molecule has 2 aliphatic rings. The molecule has 1 unspecified atom stereocenters. The highest BCUT2D eigenvalue weighted by molar-refractivity contribution is 9.10. The van der Waals surface area contributed by atoms with Crippen LogP contribution in [0.25, 0.3) is 5.76 Å². The van der Waals surface area contributed by atoms with Crippen LogP contribution in [0.2, 0.25) is 0 Å². The first-order chi connectivity index (χ1) is 10.9. The molecule has 0 bridgehead atoms. The minimum atomic E-state index is -0.603. The van der Waals surface area contributed by atoms with E-state index >= 15 is 0 Å². The fraction of sp³-hybridized carbons (Fsp3) is 0.389. The van der Waals surface area contributed by atoms with E-state index in [9.17, 15) is 4.79 Å². The van der Waals surface area contributed by atoms with Gasteiger partial charge in [-0.3, -0.25) is 4.79 Å². The van der Waals surface area contributed by atoms with Gasteiger partial charge in [-0.2, -0.15) is 0 Å². The Bertz CT molecular complexity index is 720. The van der Waals surface area contributed by atoms with E-state index in [2.05, 4.69) is 15.9 Å². The fourth-order valence-corrected chi connectivity index (χ4v) is 3.22. The third-order valence-electron chi connectivity index (χ3n) is 4.25. The molecule has 0 amide bonds. The van der Waals surface area contributed by atoms with Crippen LogP contribution >= 0.6 is 15.9 Å². The molecular weight excluding hydrogens is 360 g/mol. The zero-order chi connectivity index (χ0) is 16.6. The van der Waals surface area contributed by atoms with Crippen LogP contribution in [0.15, 0.2) is 40.1 Å². The molecule has 0 aromatic heterocycles. The summed E-state index contributed by atoms with van der Waals surface area (Å²) in [5.74, 6) is 2.31. The number of rotatable bonds is 4. The summed E-state index contributed by atoms with van der Waals surface area (Å²) in [5, 5.41) is 0. The molecule has 122 valence electrons. The Labute approximate surface area is 144 Å². The van der Waals surface area contributed by atoms with Crippen molar-refractivity contribution in [2.75, 3.05) is 13.7 Å². The van der Waals surface area contributed by atoms with Crippen molar-refractivity contribution >= 4 is 27.5 Å². The maximum Gasteiger partial charge on any atom is 0.159 e. The first-order valence-corrected chi connectivity index (χ1v) is 8.33. The zero-order valence-electron chi connectivity index (χ0n) is 13.4. The second-order valence-corrected chi connectivity index (χ2v) is 6.96. The number of fused-ring (bicyclic) bond motifs is 1. The number of allylic oxidation sites excluding steroid dienone is 2. The molecule has 3 rings (SSSR count). The van der Waals surface area contributed by atoms with Gasteiger partial charge in [-0.15, -0.1) is 0 Å². The lowest BCUT2D eigenvalue weighted by Crippen LogP contribution is -2.41. The fourth-order valence-electron chi connectivity index (χ4n) is 2.86. The van der Waals surface area contributed by atoms with Crippen molar-refractivity contribution in [3.05, 3.63) is 45.6 Å². The Balaban J connectivity index is 2.08. The number of ketones is 1. The summed E-state index contributed by atoms with van der Waals surface area (Å²) in [6.45, 7) is 4.38. The molecule has 1 aromatic rings. The average molecular weight is 379 g/mol. The summed E-state index contributed by atoms with van der Waals surface area (Å²) in [5.41, 5.74) is 1.23. The number of hydrogen-bond acceptors (Lipinski definition) is 4. The average Bonchev–Trinajstić information content (AvgIpc) is 2.90. The molecular formula is C18H19BrO4. The predicted octanol–water partition coefficient (Wildman–Crippen LogP) is 4.24. The van der Waals surface area contributed by atoms with Crippen LogP contribution in [0.5, 0.6) is 5.75 Å². The number of benzene rings is 1. The molecule has 4 nitrogen and oxygen atoms in total. The van der Waals surface area contributed by atoms with Gasteiger partial charge in [-0.05, 0) is 32.0 Å². The number of halogens is 1. The van der Waals surface area contributed by atoms with Crippen molar-refractivity contribution in [1.29, 1.82) is 0 Å². The highest BCUT2D eigenvalue weighted by Crippen LogP contribution is 2.43. The van der Waals surface area contributed by atoms with Gasteiger partial charge in [0, 0.05) is 36.1 Å². The Kier molecular flexibility index (Phi) is 4.34. The highest BCUT2D eigenvalue weighted by atomic mass is 79.9. The van der Waals surface area contributed by atoms with Gasteiger partial charge in [0.1, 0.15) is 17.3 Å². The highest BCUT2D eigenvalue weighted by Gasteiger charge is 2.38. The zero-order valence-corrected chi connectivity index (χ0v) is 15.0. The van der Waals surface area contributed by atoms with Crippen LogP contribution < -0.4 is 4.74 Å². The predicted molar refractivity (Wildman–Crippen MR) is 91.1 cm³/mol. The van der Waals surface area contributed by atoms with E-state index in [0.717, 1.165) is 27.1 Å². The van der Waals surface area contributed by atoms with Crippen molar-refractivity contribution in [1.82, 2.24) is 0 Å². The lowest BCUT2D eigenvalue weighted by Gasteiger charge is -2.37. The van der Waals surface area contributed by atoms with Gasteiger partial charge in [0.25, 0.3) is 0 Å². The van der Waals surface area contributed by atoms with E-state index in [1.165, 1.54) is 0 Å². The summed E-state index contributed by atoms with van der Waals surface area (Å²) in [7, 11) is 1.65. The van der Waals surface area contributed by atoms with Gasteiger partial charge in [0.05, 0.1) is 12.2 Å².